The summed E-state index contributed by atoms with van der Waals surface area (Å²) in [6.07, 6.45) is 33.9. The van der Waals surface area contributed by atoms with Crippen LogP contribution in [0.3, 0.4) is 0 Å². The van der Waals surface area contributed by atoms with Gasteiger partial charge in [0.15, 0.2) is 0 Å². The van der Waals surface area contributed by atoms with Gasteiger partial charge in [-0.05, 0) is 18.8 Å². The van der Waals surface area contributed by atoms with Gasteiger partial charge < -0.3 is 9.80 Å². The van der Waals surface area contributed by atoms with Gasteiger partial charge in [0.25, 0.3) is 0 Å². The van der Waals surface area contributed by atoms with Crippen molar-refractivity contribution in [2.45, 2.75) is 162 Å². The highest BCUT2D eigenvalue weighted by Crippen LogP contribution is 2.24. The van der Waals surface area contributed by atoms with Crippen LogP contribution in [0.1, 0.15) is 156 Å². The molecule has 1 aliphatic rings. The molecule has 0 bridgehead atoms. The second-order valence-corrected chi connectivity index (χ2v) is 10.8. The highest BCUT2D eigenvalue weighted by molar-refractivity contribution is 4.98. The van der Waals surface area contributed by atoms with Crippen LogP contribution in [0.4, 0.5) is 0 Å². The zero-order valence-electron chi connectivity index (χ0n) is 22.8. The molecule has 0 aromatic rings. The molecule has 0 fully saturated rings. The first-order chi connectivity index (χ1) is 15.7. The lowest BCUT2D eigenvalue weighted by Crippen LogP contribution is -2.43. The number of rotatable bonds is 23. The van der Waals surface area contributed by atoms with Crippen LogP contribution in [0.25, 0.3) is 0 Å². The van der Waals surface area contributed by atoms with Gasteiger partial charge in [0, 0.05) is 25.5 Å². The molecule has 1 heterocycles. The van der Waals surface area contributed by atoms with Gasteiger partial charge in [-0.15, -0.1) is 0 Å². The molecule has 0 saturated carbocycles. The molecule has 190 valence electrons. The van der Waals surface area contributed by atoms with Crippen molar-refractivity contribution in [2.24, 2.45) is 5.92 Å². The summed E-state index contributed by atoms with van der Waals surface area (Å²) in [4.78, 5) is 5.22. The van der Waals surface area contributed by atoms with E-state index in [1.807, 2.05) is 0 Å². The standard InChI is InChI=1S/C30H60N2/c1-5-7-9-11-12-13-14-15-16-17-18-19-20-21-22-24-26-32-28-27-31(30(32)29(3)4)25-23-10-8-6-2/h27-30H,5-26H2,1-4H3. The van der Waals surface area contributed by atoms with Gasteiger partial charge in [-0.1, -0.05) is 143 Å². The molecular weight excluding hydrogens is 388 g/mol. The van der Waals surface area contributed by atoms with Gasteiger partial charge in [-0.25, -0.2) is 0 Å². The molecule has 0 spiro atoms. The monoisotopic (exact) mass is 448 g/mol. The average Bonchev–Trinajstić information content (AvgIpc) is 3.19. The minimum absolute atomic E-state index is 0.591. The third-order valence-electron chi connectivity index (χ3n) is 7.27. The fourth-order valence-corrected chi connectivity index (χ4v) is 5.28. The van der Waals surface area contributed by atoms with Crippen LogP contribution in [-0.2, 0) is 0 Å². The molecule has 32 heavy (non-hydrogen) atoms. The van der Waals surface area contributed by atoms with Crippen molar-refractivity contribution >= 4 is 0 Å². The van der Waals surface area contributed by atoms with Crippen LogP contribution >= 0.6 is 0 Å². The summed E-state index contributed by atoms with van der Waals surface area (Å²) in [5, 5.41) is 0. The Bertz CT molecular complexity index is 417. The molecule has 0 aromatic carbocycles. The SMILES string of the molecule is CCCCCCCCCCCCCCCCCCN1C=CN(CCCCCC)C1C(C)C. The van der Waals surface area contributed by atoms with Crippen LogP contribution in [0, 0.1) is 5.92 Å². The molecule has 0 radical (unpaired) electrons. The third kappa shape index (κ3) is 14.5. The lowest BCUT2D eigenvalue weighted by atomic mass is 10.0. The molecule has 2 nitrogen and oxygen atoms in total. The number of hydrogen-bond donors (Lipinski definition) is 0. The van der Waals surface area contributed by atoms with Gasteiger partial charge in [0.05, 0.1) is 0 Å². The summed E-state index contributed by atoms with van der Waals surface area (Å²) in [6, 6.07) is 0. The maximum atomic E-state index is 2.62. The highest BCUT2D eigenvalue weighted by Gasteiger charge is 2.28. The second-order valence-electron chi connectivity index (χ2n) is 10.8. The first-order valence-corrected chi connectivity index (χ1v) is 14.9. The quantitative estimate of drug-likeness (QED) is 0.143. The van der Waals surface area contributed by atoms with Crippen molar-refractivity contribution in [2.75, 3.05) is 13.1 Å². The molecule has 1 unspecified atom stereocenters. The van der Waals surface area contributed by atoms with Crippen molar-refractivity contribution in [1.82, 2.24) is 9.80 Å². The summed E-state index contributed by atoms with van der Waals surface area (Å²) in [7, 11) is 0. The molecule has 1 aliphatic heterocycles. The largest absolute Gasteiger partial charge is 0.356 e. The third-order valence-corrected chi connectivity index (χ3v) is 7.27. The maximum absolute atomic E-state index is 2.62. The fraction of sp³-hybridized carbons (Fsp3) is 0.933. The van der Waals surface area contributed by atoms with Crippen LogP contribution < -0.4 is 0 Å². The predicted molar refractivity (Wildman–Crippen MR) is 145 cm³/mol. The maximum Gasteiger partial charge on any atom is 0.103 e. The van der Waals surface area contributed by atoms with Gasteiger partial charge in [-0.3, -0.25) is 0 Å². The Kier molecular flexibility index (Phi) is 19.2. The Balaban J connectivity index is 1.93. The van der Waals surface area contributed by atoms with E-state index in [1.54, 1.807) is 0 Å². The first-order valence-electron chi connectivity index (χ1n) is 14.9. The molecule has 0 aromatic heterocycles. The minimum atomic E-state index is 0.591. The molecule has 1 rings (SSSR count). The van der Waals surface area contributed by atoms with Gasteiger partial charge in [0.2, 0.25) is 0 Å². The van der Waals surface area contributed by atoms with Crippen LogP contribution in [0.15, 0.2) is 12.4 Å². The molecule has 0 N–H and O–H groups in total. The summed E-state index contributed by atoms with van der Waals surface area (Å²) < 4.78 is 0. The summed E-state index contributed by atoms with van der Waals surface area (Å²) in [5.41, 5.74) is 0. The van der Waals surface area contributed by atoms with E-state index in [4.69, 9.17) is 0 Å². The molecule has 2 heteroatoms. The van der Waals surface area contributed by atoms with Gasteiger partial charge >= 0.3 is 0 Å². The summed E-state index contributed by atoms with van der Waals surface area (Å²) in [5.74, 6) is 0.692. The number of unbranched alkanes of at least 4 members (excludes halogenated alkanes) is 18. The van der Waals surface area contributed by atoms with E-state index < -0.39 is 0 Å². The Morgan fingerprint density at radius 2 is 0.750 bits per heavy atom. The van der Waals surface area contributed by atoms with E-state index in [-0.39, 0.29) is 0 Å². The van der Waals surface area contributed by atoms with Crippen LogP contribution in [0.2, 0.25) is 0 Å². The fourth-order valence-electron chi connectivity index (χ4n) is 5.28. The molecule has 1 atom stereocenters. The van der Waals surface area contributed by atoms with Crippen LogP contribution in [0.5, 0.6) is 0 Å². The first kappa shape index (κ1) is 29.4. The lowest BCUT2D eigenvalue weighted by Gasteiger charge is -2.36. The Hall–Kier alpha value is -0.660. The summed E-state index contributed by atoms with van der Waals surface area (Å²) >= 11 is 0. The number of nitrogens with zero attached hydrogens (tertiary/aromatic N) is 2. The van der Waals surface area contributed by atoms with E-state index in [0.29, 0.717) is 12.1 Å². The minimum Gasteiger partial charge on any atom is -0.356 e. The molecular formula is C30H60N2. The Morgan fingerprint density at radius 3 is 1.06 bits per heavy atom. The zero-order chi connectivity index (χ0) is 23.3. The van der Waals surface area contributed by atoms with Crippen molar-refractivity contribution < 1.29 is 0 Å². The molecule has 0 aliphatic carbocycles. The van der Waals surface area contributed by atoms with Crippen molar-refractivity contribution in [3.8, 4) is 0 Å². The van der Waals surface area contributed by atoms with Crippen molar-refractivity contribution in [1.29, 1.82) is 0 Å². The molecule has 0 amide bonds. The highest BCUT2D eigenvalue weighted by atomic mass is 15.4. The average molecular weight is 449 g/mol. The van der Waals surface area contributed by atoms with E-state index in [1.165, 1.54) is 142 Å². The summed E-state index contributed by atoms with van der Waals surface area (Å²) in [6.45, 7) is 11.8. The van der Waals surface area contributed by atoms with E-state index in [9.17, 15) is 0 Å². The van der Waals surface area contributed by atoms with Gasteiger partial charge in [0.1, 0.15) is 6.17 Å². The predicted octanol–water partition coefficient (Wildman–Crippen LogP) is 9.90. The smallest absolute Gasteiger partial charge is 0.103 e. The molecule has 0 saturated heterocycles. The Morgan fingerprint density at radius 1 is 0.469 bits per heavy atom. The van der Waals surface area contributed by atoms with Gasteiger partial charge in [-0.2, -0.15) is 0 Å². The van der Waals surface area contributed by atoms with E-state index in [0.717, 1.165) is 0 Å². The second kappa shape index (κ2) is 20.9. The van der Waals surface area contributed by atoms with E-state index >= 15 is 0 Å². The topological polar surface area (TPSA) is 6.48 Å². The van der Waals surface area contributed by atoms with Crippen molar-refractivity contribution in [3.05, 3.63) is 12.4 Å². The number of hydrogen-bond acceptors (Lipinski definition) is 2. The Labute approximate surface area is 203 Å². The zero-order valence-corrected chi connectivity index (χ0v) is 22.8. The normalized spacial score (nSPS) is 16.1. The van der Waals surface area contributed by atoms with Crippen molar-refractivity contribution in [3.63, 3.8) is 0 Å². The lowest BCUT2D eigenvalue weighted by molar-refractivity contribution is 0.104. The van der Waals surface area contributed by atoms with Crippen LogP contribution in [-0.4, -0.2) is 29.1 Å². The van der Waals surface area contributed by atoms with E-state index in [2.05, 4.69) is 49.9 Å².